The molecule has 1 saturated heterocycles. The highest BCUT2D eigenvalue weighted by atomic mass is 35.5. The van der Waals surface area contributed by atoms with Gasteiger partial charge in [-0.3, -0.25) is 14.4 Å². The number of aromatic nitrogens is 2. The molecule has 1 fully saturated rings. The molecule has 6 heteroatoms. The third kappa shape index (κ3) is 2.30. The maximum Gasteiger partial charge on any atom is 0.201 e. The van der Waals surface area contributed by atoms with Crippen LogP contribution in [-0.4, -0.2) is 52.2 Å². The number of ketones is 1. The molecule has 2 rings (SSSR count). The molecule has 0 saturated carbocycles. The van der Waals surface area contributed by atoms with Crippen LogP contribution in [-0.2, 0) is 7.05 Å². The fraction of sp³-hybridized carbons (Fsp3) is 0.667. The van der Waals surface area contributed by atoms with E-state index in [-0.39, 0.29) is 5.78 Å². The van der Waals surface area contributed by atoms with E-state index in [1.807, 2.05) is 13.8 Å². The Hall–Kier alpha value is -0.910. The normalized spacial score (nSPS) is 18.0. The Morgan fingerprint density at radius 1 is 1.44 bits per heavy atom. The van der Waals surface area contributed by atoms with Crippen molar-refractivity contribution in [3.8, 4) is 0 Å². The van der Waals surface area contributed by atoms with Gasteiger partial charge in [-0.05, 0) is 13.8 Å². The van der Waals surface area contributed by atoms with Gasteiger partial charge in [0, 0.05) is 33.2 Å². The summed E-state index contributed by atoms with van der Waals surface area (Å²) >= 11 is 6.05. The summed E-state index contributed by atoms with van der Waals surface area (Å²) in [4.78, 5) is 14.9. The number of Topliss-reactive ketones (excluding diaryl/α,β-unsaturated/α-hetero) is 1. The summed E-state index contributed by atoms with van der Waals surface area (Å²) in [6.07, 6.45) is 1.52. The van der Waals surface area contributed by atoms with Crippen LogP contribution in [0.25, 0.3) is 0 Å². The van der Waals surface area contributed by atoms with Crippen LogP contribution in [0.15, 0.2) is 6.20 Å². The number of rotatable bonds is 3. The van der Waals surface area contributed by atoms with Gasteiger partial charge in [-0.15, -0.1) is 0 Å². The molecular weight excluding hydrogens is 252 g/mol. The van der Waals surface area contributed by atoms with E-state index >= 15 is 0 Å². The molecule has 1 aromatic heterocycles. The number of aryl methyl sites for hydroxylation is 1. The van der Waals surface area contributed by atoms with Crippen molar-refractivity contribution in [2.75, 3.05) is 26.2 Å². The largest absolute Gasteiger partial charge is 0.314 e. The number of halogens is 1. The van der Waals surface area contributed by atoms with Crippen molar-refractivity contribution in [3.63, 3.8) is 0 Å². The third-order valence-corrected chi connectivity index (χ3v) is 3.85. The molecule has 0 atom stereocenters. The van der Waals surface area contributed by atoms with Crippen LogP contribution in [0.4, 0.5) is 0 Å². The van der Waals surface area contributed by atoms with E-state index in [2.05, 4.69) is 15.3 Å². The Morgan fingerprint density at radius 2 is 2.06 bits per heavy atom. The Bertz CT molecular complexity index is 429. The first-order valence-electron chi connectivity index (χ1n) is 6.12. The number of hydrogen-bond acceptors (Lipinski definition) is 4. The summed E-state index contributed by atoms with van der Waals surface area (Å²) in [5.41, 5.74) is -0.0697. The second-order valence-electron chi connectivity index (χ2n) is 5.09. The van der Waals surface area contributed by atoms with Crippen LogP contribution >= 0.6 is 11.6 Å². The predicted octanol–water partition coefficient (Wildman–Crippen LogP) is 0.940. The number of piperazine rings is 1. The van der Waals surface area contributed by atoms with Gasteiger partial charge in [-0.1, -0.05) is 11.6 Å². The fourth-order valence-electron chi connectivity index (χ4n) is 2.32. The van der Waals surface area contributed by atoms with Gasteiger partial charge in [0.25, 0.3) is 0 Å². The number of nitrogens with zero attached hydrogens (tertiary/aromatic N) is 3. The van der Waals surface area contributed by atoms with Gasteiger partial charge in [-0.2, -0.15) is 5.10 Å². The molecule has 1 N–H and O–H groups in total. The zero-order valence-electron chi connectivity index (χ0n) is 11.0. The van der Waals surface area contributed by atoms with E-state index in [1.54, 1.807) is 11.7 Å². The molecule has 0 amide bonds. The second kappa shape index (κ2) is 4.99. The number of carbonyl (C=O) groups excluding carboxylic acids is 1. The lowest BCUT2D eigenvalue weighted by atomic mass is 9.93. The van der Waals surface area contributed by atoms with Crippen molar-refractivity contribution in [1.29, 1.82) is 0 Å². The van der Waals surface area contributed by atoms with Crippen LogP contribution < -0.4 is 5.32 Å². The molecule has 2 heterocycles. The fourth-order valence-corrected chi connectivity index (χ4v) is 2.58. The summed E-state index contributed by atoms with van der Waals surface area (Å²) < 4.78 is 1.55. The average molecular weight is 271 g/mol. The van der Waals surface area contributed by atoms with Gasteiger partial charge in [0.1, 0.15) is 5.69 Å². The Balaban J connectivity index is 2.26. The molecular formula is C12H19ClN4O. The maximum absolute atomic E-state index is 12.7. The first-order chi connectivity index (χ1) is 8.44. The van der Waals surface area contributed by atoms with E-state index in [0.29, 0.717) is 10.7 Å². The Labute approximate surface area is 112 Å². The van der Waals surface area contributed by atoms with Gasteiger partial charge in [0.15, 0.2) is 0 Å². The summed E-state index contributed by atoms with van der Waals surface area (Å²) in [6.45, 7) is 7.46. The summed E-state index contributed by atoms with van der Waals surface area (Å²) in [6, 6.07) is 0. The van der Waals surface area contributed by atoms with Crippen molar-refractivity contribution in [2.45, 2.75) is 19.4 Å². The highest BCUT2D eigenvalue weighted by Crippen LogP contribution is 2.25. The smallest absolute Gasteiger partial charge is 0.201 e. The molecule has 0 unspecified atom stereocenters. The predicted molar refractivity (Wildman–Crippen MR) is 71.1 cm³/mol. The minimum atomic E-state index is -0.556. The first kappa shape index (κ1) is 13.5. The highest BCUT2D eigenvalue weighted by Gasteiger charge is 2.38. The maximum atomic E-state index is 12.7. The standard InChI is InChI=1S/C12H19ClN4O/c1-12(2,17-6-4-14-5-7-17)11(18)10-9(13)8-15-16(10)3/h8,14H,4-7H2,1-3H3. The third-order valence-electron chi connectivity index (χ3n) is 3.57. The molecule has 18 heavy (non-hydrogen) atoms. The van der Waals surface area contributed by atoms with Crippen molar-refractivity contribution >= 4 is 17.4 Å². The van der Waals surface area contributed by atoms with Crippen molar-refractivity contribution < 1.29 is 4.79 Å². The zero-order valence-corrected chi connectivity index (χ0v) is 11.8. The first-order valence-corrected chi connectivity index (χ1v) is 6.50. The summed E-state index contributed by atoms with van der Waals surface area (Å²) in [5.74, 6) is 0.0226. The van der Waals surface area contributed by atoms with E-state index in [1.165, 1.54) is 6.20 Å². The minimum Gasteiger partial charge on any atom is -0.314 e. The lowest BCUT2D eigenvalue weighted by Gasteiger charge is -2.39. The average Bonchev–Trinajstić information content (AvgIpc) is 2.69. The number of carbonyl (C=O) groups is 1. The summed E-state index contributed by atoms with van der Waals surface area (Å²) in [7, 11) is 1.74. The van der Waals surface area contributed by atoms with E-state index in [9.17, 15) is 4.79 Å². The SMILES string of the molecule is Cn1ncc(Cl)c1C(=O)C(C)(C)N1CCNCC1. The molecule has 100 valence electrons. The van der Waals surface area contributed by atoms with Gasteiger partial charge in [0.05, 0.1) is 16.8 Å². The van der Waals surface area contributed by atoms with Gasteiger partial charge < -0.3 is 5.32 Å². The van der Waals surface area contributed by atoms with Gasteiger partial charge >= 0.3 is 0 Å². The van der Waals surface area contributed by atoms with Crippen LogP contribution in [0.1, 0.15) is 24.3 Å². The zero-order chi connectivity index (χ0) is 13.3. The Morgan fingerprint density at radius 3 is 2.56 bits per heavy atom. The molecule has 0 bridgehead atoms. The number of hydrogen-bond donors (Lipinski definition) is 1. The van der Waals surface area contributed by atoms with Crippen molar-refractivity contribution in [1.82, 2.24) is 20.0 Å². The molecule has 1 aromatic rings. The topological polar surface area (TPSA) is 50.2 Å². The van der Waals surface area contributed by atoms with Crippen LogP contribution in [0.3, 0.4) is 0 Å². The quantitative estimate of drug-likeness (QED) is 0.831. The molecule has 0 spiro atoms. The molecule has 1 aliphatic heterocycles. The van der Waals surface area contributed by atoms with E-state index < -0.39 is 5.54 Å². The molecule has 1 aliphatic rings. The Kier molecular flexibility index (Phi) is 3.75. The second-order valence-corrected chi connectivity index (χ2v) is 5.50. The van der Waals surface area contributed by atoms with E-state index in [0.717, 1.165) is 26.2 Å². The lowest BCUT2D eigenvalue weighted by Crippen LogP contribution is -2.57. The van der Waals surface area contributed by atoms with Crippen LogP contribution in [0, 0.1) is 0 Å². The number of nitrogens with one attached hydrogen (secondary N) is 1. The molecule has 0 radical (unpaired) electrons. The molecule has 5 nitrogen and oxygen atoms in total. The van der Waals surface area contributed by atoms with Gasteiger partial charge in [0.2, 0.25) is 5.78 Å². The molecule has 0 aromatic carbocycles. The van der Waals surface area contributed by atoms with Crippen LogP contribution in [0.5, 0.6) is 0 Å². The molecule has 0 aliphatic carbocycles. The van der Waals surface area contributed by atoms with Crippen LogP contribution in [0.2, 0.25) is 5.02 Å². The monoisotopic (exact) mass is 270 g/mol. The minimum absolute atomic E-state index is 0.0226. The van der Waals surface area contributed by atoms with Crippen molar-refractivity contribution in [3.05, 3.63) is 16.9 Å². The summed E-state index contributed by atoms with van der Waals surface area (Å²) in [5, 5.41) is 7.74. The van der Waals surface area contributed by atoms with E-state index in [4.69, 9.17) is 11.6 Å². The van der Waals surface area contributed by atoms with Crippen molar-refractivity contribution in [2.24, 2.45) is 7.05 Å². The van der Waals surface area contributed by atoms with Gasteiger partial charge in [-0.25, -0.2) is 0 Å². The highest BCUT2D eigenvalue weighted by molar-refractivity contribution is 6.34. The lowest BCUT2D eigenvalue weighted by molar-refractivity contribution is 0.0593.